The number of hydrogen-bond donors (Lipinski definition) is 1. The monoisotopic (exact) mass is 661 g/mol. The molecule has 6 saturated carbocycles. The van der Waals surface area contributed by atoms with Crippen LogP contribution in [0.25, 0.3) is 0 Å². The van der Waals surface area contributed by atoms with Gasteiger partial charge in [-0.3, -0.25) is 0 Å². The molecular formula is C38H69NiOP2-. The van der Waals surface area contributed by atoms with E-state index in [9.17, 15) is 0 Å². The van der Waals surface area contributed by atoms with Gasteiger partial charge in [-0.05, 0) is 111 Å². The SMILES string of the molecule is C1CCC(P(C2CCCCC2)C2CCCCC2)CC1.C1CCC(P(C2CCCCC2)C2CCCCC2)CC1.C=[C-]O.[Ni]. The van der Waals surface area contributed by atoms with E-state index in [-0.39, 0.29) is 16.5 Å². The molecule has 6 aliphatic carbocycles. The van der Waals surface area contributed by atoms with Crippen LogP contribution >= 0.6 is 15.8 Å². The van der Waals surface area contributed by atoms with Crippen molar-refractivity contribution >= 4 is 15.8 Å². The van der Waals surface area contributed by atoms with Crippen LogP contribution in [0.15, 0.2) is 6.58 Å². The van der Waals surface area contributed by atoms with Crippen molar-refractivity contribution in [1.82, 2.24) is 0 Å². The van der Waals surface area contributed by atoms with Crippen LogP contribution in [0.4, 0.5) is 0 Å². The van der Waals surface area contributed by atoms with E-state index < -0.39 is 0 Å². The Morgan fingerprint density at radius 2 is 0.452 bits per heavy atom. The van der Waals surface area contributed by atoms with E-state index in [0.29, 0.717) is 15.8 Å². The van der Waals surface area contributed by atoms with Crippen molar-refractivity contribution in [3.05, 3.63) is 12.8 Å². The Hall–Kier alpha value is 0.894. The molecule has 0 atom stereocenters. The summed E-state index contributed by atoms with van der Waals surface area (Å²) in [6.45, 7) is 2.79. The maximum atomic E-state index is 7.21. The molecule has 42 heavy (non-hydrogen) atoms. The summed E-state index contributed by atoms with van der Waals surface area (Å²) < 4.78 is 0. The van der Waals surface area contributed by atoms with Crippen molar-refractivity contribution in [2.75, 3.05) is 0 Å². The standard InChI is InChI=1S/2C18H33P.C2H3O.Ni/c2*1-4-10-16(11-5-1)19(17-12-6-2-7-13-17)18-14-8-3-9-15-18;1-2-3;/h2*16-18H,1-15H2;3H,1H2;/q;;-1;. The first-order valence-electron chi connectivity index (χ1n) is 19.0. The van der Waals surface area contributed by atoms with Crippen LogP contribution in [0.5, 0.6) is 0 Å². The topological polar surface area (TPSA) is 20.2 Å². The fourth-order valence-corrected chi connectivity index (χ4v) is 19.4. The molecule has 0 aromatic heterocycles. The number of aliphatic hydroxyl groups excluding tert-OH is 1. The molecular weight excluding hydrogens is 593 g/mol. The van der Waals surface area contributed by atoms with Gasteiger partial charge >= 0.3 is 0 Å². The molecule has 4 heteroatoms. The summed E-state index contributed by atoms with van der Waals surface area (Å²) in [6, 6.07) is 0. The first-order valence-corrected chi connectivity index (χ1v) is 22.1. The second kappa shape index (κ2) is 22.4. The molecule has 0 spiro atoms. The zero-order chi connectivity index (χ0) is 28.5. The number of hydrogen-bond acceptors (Lipinski definition) is 1. The van der Waals surface area contributed by atoms with E-state index in [4.69, 9.17) is 5.11 Å². The van der Waals surface area contributed by atoms with Gasteiger partial charge in [0.2, 0.25) is 0 Å². The number of aliphatic hydroxyl groups is 1. The van der Waals surface area contributed by atoms with Gasteiger partial charge < -0.3 is 11.4 Å². The Bertz CT molecular complexity index is 512. The minimum absolute atomic E-state index is 0. The van der Waals surface area contributed by atoms with E-state index in [1.807, 2.05) is 0 Å². The van der Waals surface area contributed by atoms with E-state index in [1.54, 1.807) is 154 Å². The quantitative estimate of drug-likeness (QED) is 0.130. The van der Waals surface area contributed by atoms with E-state index >= 15 is 0 Å². The van der Waals surface area contributed by atoms with Crippen molar-refractivity contribution in [3.63, 3.8) is 0 Å². The summed E-state index contributed by atoms with van der Waals surface area (Å²) in [7, 11) is 0.770. The second-order valence-corrected chi connectivity index (χ2v) is 21.0. The summed E-state index contributed by atoms with van der Waals surface area (Å²) in [5.74, 6) is 0. The molecule has 6 rings (SSSR count). The van der Waals surface area contributed by atoms with Crippen LogP contribution < -0.4 is 0 Å². The van der Waals surface area contributed by atoms with Gasteiger partial charge in [0.05, 0.1) is 0 Å². The summed E-state index contributed by atoms with van der Waals surface area (Å²) in [4.78, 5) is 0. The summed E-state index contributed by atoms with van der Waals surface area (Å²) in [5, 5.41) is 7.21. The van der Waals surface area contributed by atoms with Gasteiger partial charge in [0.25, 0.3) is 0 Å². The van der Waals surface area contributed by atoms with Gasteiger partial charge in [-0.15, -0.1) is 0 Å². The molecule has 0 saturated heterocycles. The Labute approximate surface area is 275 Å². The van der Waals surface area contributed by atoms with Crippen LogP contribution in [0.1, 0.15) is 193 Å². The molecule has 0 aliphatic heterocycles. The minimum atomic E-state index is 0. The van der Waals surface area contributed by atoms with Gasteiger partial charge in [0.1, 0.15) is 0 Å². The summed E-state index contributed by atoms with van der Waals surface area (Å²) in [6.07, 6.45) is 48.7. The Kier molecular flexibility index (Phi) is 19.9. The molecule has 0 aromatic carbocycles. The molecule has 1 N–H and O–H groups in total. The molecule has 0 heterocycles. The largest absolute Gasteiger partial charge is 0.706 e. The van der Waals surface area contributed by atoms with E-state index in [0.717, 1.165) is 0 Å². The van der Waals surface area contributed by atoms with E-state index in [1.165, 1.54) is 78.7 Å². The van der Waals surface area contributed by atoms with Crippen LogP contribution in [-0.2, 0) is 16.5 Å². The zero-order valence-corrected chi connectivity index (χ0v) is 30.3. The predicted molar refractivity (Wildman–Crippen MR) is 187 cm³/mol. The van der Waals surface area contributed by atoms with Gasteiger partial charge in [0.15, 0.2) is 0 Å². The molecule has 6 fully saturated rings. The minimum Gasteiger partial charge on any atom is -0.706 e. The molecule has 0 amide bonds. The van der Waals surface area contributed by atoms with E-state index in [2.05, 4.69) is 6.58 Å². The molecule has 1 nitrogen and oxygen atoms in total. The van der Waals surface area contributed by atoms with Crippen molar-refractivity contribution in [2.24, 2.45) is 0 Å². The number of rotatable bonds is 6. The molecule has 6 aliphatic rings. The summed E-state index contributed by atoms with van der Waals surface area (Å²) >= 11 is 0. The van der Waals surface area contributed by atoms with Crippen LogP contribution in [0.2, 0.25) is 0 Å². The smallest absolute Gasteiger partial charge is 0 e. The maximum Gasteiger partial charge on any atom is 0 e. The molecule has 0 unspecified atom stereocenters. The average molecular weight is 663 g/mol. The van der Waals surface area contributed by atoms with Crippen LogP contribution in [0.3, 0.4) is 0 Å². The summed E-state index contributed by atoms with van der Waals surface area (Å²) in [5.41, 5.74) is 7.14. The molecule has 248 valence electrons. The van der Waals surface area contributed by atoms with Gasteiger partial charge in [-0.1, -0.05) is 131 Å². The van der Waals surface area contributed by atoms with Crippen LogP contribution in [0, 0.1) is 6.26 Å². The van der Waals surface area contributed by atoms with Crippen molar-refractivity contribution < 1.29 is 21.6 Å². The molecule has 0 bridgehead atoms. The van der Waals surface area contributed by atoms with Crippen molar-refractivity contribution in [3.8, 4) is 0 Å². The van der Waals surface area contributed by atoms with Crippen molar-refractivity contribution in [1.29, 1.82) is 0 Å². The Morgan fingerprint density at radius 3 is 0.571 bits per heavy atom. The van der Waals surface area contributed by atoms with Gasteiger partial charge in [-0.2, -0.15) is 0 Å². The third-order valence-electron chi connectivity index (χ3n) is 12.0. The van der Waals surface area contributed by atoms with Crippen molar-refractivity contribution in [2.45, 2.75) is 227 Å². The zero-order valence-electron chi connectivity index (χ0n) is 27.5. The molecule has 0 aromatic rings. The van der Waals surface area contributed by atoms with Gasteiger partial charge in [0, 0.05) is 16.5 Å². The third-order valence-corrected chi connectivity index (χ3v) is 20.1. The molecule has 0 radical (unpaired) electrons. The van der Waals surface area contributed by atoms with Crippen LogP contribution in [-0.4, -0.2) is 39.1 Å². The third kappa shape index (κ3) is 12.2. The Balaban J connectivity index is 0.000000207. The average Bonchev–Trinajstić information content (AvgIpc) is 3.05. The Morgan fingerprint density at radius 1 is 0.333 bits per heavy atom. The fourth-order valence-electron chi connectivity index (χ4n) is 10.1. The van der Waals surface area contributed by atoms with Gasteiger partial charge in [-0.25, -0.2) is 6.58 Å². The second-order valence-electron chi connectivity index (χ2n) is 14.8. The first-order chi connectivity index (χ1) is 20.3. The predicted octanol–water partition coefficient (Wildman–Crippen LogP) is 13.4. The fraction of sp³-hybridized carbons (Fsp3) is 0.947. The normalized spacial score (nSPS) is 26.4. The first kappa shape index (κ1) is 37.4. The maximum absolute atomic E-state index is 7.21.